The number of rotatable bonds is 3. The van der Waals surface area contributed by atoms with Gasteiger partial charge in [-0.05, 0) is 17.7 Å². The zero-order chi connectivity index (χ0) is 10.7. The predicted molar refractivity (Wildman–Crippen MR) is 65.7 cm³/mol. The molecule has 0 radical (unpaired) electrons. The topological polar surface area (TPSA) is 52.0 Å². The fourth-order valence-electron chi connectivity index (χ4n) is 1.43. The van der Waals surface area contributed by atoms with Crippen LogP contribution in [0.25, 0.3) is 10.4 Å². The molecule has 0 fully saturated rings. The molecule has 0 aliphatic heterocycles. The molecule has 15 heavy (non-hydrogen) atoms. The van der Waals surface area contributed by atoms with Crippen molar-refractivity contribution in [3.8, 4) is 10.4 Å². The van der Waals surface area contributed by atoms with Gasteiger partial charge in [0.05, 0.1) is 6.04 Å². The first-order valence-corrected chi connectivity index (χ1v) is 5.73. The molecule has 0 saturated heterocycles. The molecule has 0 aliphatic carbocycles. The molecule has 0 bridgehead atoms. The third kappa shape index (κ3) is 2.26. The lowest BCUT2D eigenvalue weighted by molar-refractivity contribution is 0.752. The highest BCUT2D eigenvalue weighted by atomic mass is 32.1. The molecule has 1 aromatic heterocycles. The van der Waals surface area contributed by atoms with E-state index in [1.807, 2.05) is 18.2 Å². The molecule has 0 saturated carbocycles. The Bertz CT molecular complexity index is 422. The lowest BCUT2D eigenvalue weighted by Gasteiger charge is -2.03. The highest BCUT2D eigenvalue weighted by molar-refractivity contribution is 7.15. The molecule has 0 amide bonds. The first kappa shape index (κ1) is 10.4. The molecule has 0 aliphatic rings. The Kier molecular flexibility index (Phi) is 3.16. The third-order valence-electron chi connectivity index (χ3n) is 2.30. The summed E-state index contributed by atoms with van der Waals surface area (Å²) in [4.78, 5) is 2.39. The van der Waals surface area contributed by atoms with Crippen LogP contribution < -0.4 is 11.5 Å². The van der Waals surface area contributed by atoms with E-state index in [2.05, 4.69) is 24.3 Å². The lowest BCUT2D eigenvalue weighted by atomic mass is 10.2. The maximum absolute atomic E-state index is 5.87. The summed E-state index contributed by atoms with van der Waals surface area (Å²) in [5.41, 5.74) is 12.6. The maximum Gasteiger partial charge on any atom is 0.0514 e. The summed E-state index contributed by atoms with van der Waals surface area (Å²) in [5.74, 6) is 0. The van der Waals surface area contributed by atoms with Gasteiger partial charge in [0.25, 0.3) is 0 Å². The van der Waals surface area contributed by atoms with Crippen molar-refractivity contribution >= 4 is 11.3 Å². The molecule has 2 rings (SSSR count). The van der Waals surface area contributed by atoms with Gasteiger partial charge in [-0.3, -0.25) is 0 Å². The Morgan fingerprint density at radius 2 is 1.80 bits per heavy atom. The van der Waals surface area contributed by atoms with E-state index < -0.39 is 0 Å². The van der Waals surface area contributed by atoms with Crippen LogP contribution in [0.3, 0.4) is 0 Å². The second-order valence-corrected chi connectivity index (χ2v) is 4.53. The molecular weight excluding hydrogens is 204 g/mol. The lowest BCUT2D eigenvalue weighted by Crippen LogP contribution is -2.19. The number of hydrogen-bond donors (Lipinski definition) is 2. The van der Waals surface area contributed by atoms with Crippen LogP contribution in [0, 0.1) is 0 Å². The number of benzene rings is 1. The molecule has 0 spiro atoms. The highest BCUT2D eigenvalue weighted by Crippen LogP contribution is 2.30. The zero-order valence-corrected chi connectivity index (χ0v) is 9.21. The summed E-state index contributed by atoms with van der Waals surface area (Å²) in [6, 6.07) is 14.4. The Hall–Kier alpha value is -1.16. The van der Waals surface area contributed by atoms with Gasteiger partial charge in [-0.15, -0.1) is 11.3 Å². The van der Waals surface area contributed by atoms with Crippen LogP contribution in [-0.4, -0.2) is 6.54 Å². The van der Waals surface area contributed by atoms with Gasteiger partial charge in [0.2, 0.25) is 0 Å². The summed E-state index contributed by atoms with van der Waals surface area (Å²) >= 11 is 1.71. The van der Waals surface area contributed by atoms with Crippen LogP contribution in [0.5, 0.6) is 0 Å². The van der Waals surface area contributed by atoms with Gasteiger partial charge >= 0.3 is 0 Å². The Labute approximate surface area is 93.5 Å². The van der Waals surface area contributed by atoms with Crippen LogP contribution in [0.15, 0.2) is 42.5 Å². The van der Waals surface area contributed by atoms with Crippen molar-refractivity contribution in [3.63, 3.8) is 0 Å². The summed E-state index contributed by atoms with van der Waals surface area (Å²) in [6.45, 7) is 0.495. The van der Waals surface area contributed by atoms with E-state index in [1.54, 1.807) is 11.3 Å². The fraction of sp³-hybridized carbons (Fsp3) is 0.167. The quantitative estimate of drug-likeness (QED) is 0.831. The molecule has 78 valence electrons. The second kappa shape index (κ2) is 4.57. The van der Waals surface area contributed by atoms with Crippen molar-refractivity contribution in [1.82, 2.24) is 0 Å². The monoisotopic (exact) mass is 218 g/mol. The molecule has 3 heteroatoms. The van der Waals surface area contributed by atoms with Crippen molar-refractivity contribution in [2.45, 2.75) is 6.04 Å². The molecule has 4 N–H and O–H groups in total. The van der Waals surface area contributed by atoms with Crippen molar-refractivity contribution in [3.05, 3.63) is 47.3 Å². The summed E-state index contributed by atoms with van der Waals surface area (Å²) in [5, 5.41) is 0. The van der Waals surface area contributed by atoms with Crippen molar-refractivity contribution < 1.29 is 0 Å². The molecule has 1 aromatic carbocycles. The fourth-order valence-corrected chi connectivity index (χ4v) is 2.45. The average molecular weight is 218 g/mol. The van der Waals surface area contributed by atoms with Gasteiger partial charge in [-0.1, -0.05) is 30.3 Å². The highest BCUT2D eigenvalue weighted by Gasteiger charge is 2.07. The first-order chi connectivity index (χ1) is 7.31. The van der Waals surface area contributed by atoms with Gasteiger partial charge in [0.15, 0.2) is 0 Å². The summed E-state index contributed by atoms with van der Waals surface area (Å²) in [6.07, 6.45) is 0. The van der Waals surface area contributed by atoms with Crippen molar-refractivity contribution in [1.29, 1.82) is 0 Å². The molecule has 2 nitrogen and oxygen atoms in total. The summed E-state index contributed by atoms with van der Waals surface area (Å²) in [7, 11) is 0. The van der Waals surface area contributed by atoms with E-state index in [1.165, 1.54) is 10.4 Å². The van der Waals surface area contributed by atoms with Gasteiger partial charge in [-0.25, -0.2) is 0 Å². The van der Waals surface area contributed by atoms with Gasteiger partial charge in [0, 0.05) is 16.3 Å². The van der Waals surface area contributed by atoms with Crippen molar-refractivity contribution in [2.75, 3.05) is 6.54 Å². The normalized spacial score (nSPS) is 12.7. The standard InChI is InChI=1S/C12H14N2S/c13-8-10(14)12-7-6-11(15-12)9-4-2-1-3-5-9/h1-7,10H,8,13-14H2. The molecular formula is C12H14N2S. The van der Waals surface area contributed by atoms with E-state index in [0.29, 0.717) is 6.54 Å². The Morgan fingerprint density at radius 3 is 2.47 bits per heavy atom. The van der Waals surface area contributed by atoms with Gasteiger partial charge in [-0.2, -0.15) is 0 Å². The van der Waals surface area contributed by atoms with Crippen LogP contribution in [-0.2, 0) is 0 Å². The summed E-state index contributed by atoms with van der Waals surface area (Å²) < 4.78 is 0. The van der Waals surface area contributed by atoms with E-state index in [0.717, 1.165) is 4.88 Å². The van der Waals surface area contributed by atoms with Gasteiger partial charge in [0.1, 0.15) is 0 Å². The maximum atomic E-state index is 5.87. The van der Waals surface area contributed by atoms with Crippen molar-refractivity contribution in [2.24, 2.45) is 11.5 Å². The van der Waals surface area contributed by atoms with E-state index in [9.17, 15) is 0 Å². The Morgan fingerprint density at radius 1 is 1.07 bits per heavy atom. The number of hydrogen-bond acceptors (Lipinski definition) is 3. The second-order valence-electron chi connectivity index (χ2n) is 3.41. The minimum atomic E-state index is -0.0348. The van der Waals surface area contributed by atoms with Crippen LogP contribution in [0.2, 0.25) is 0 Å². The molecule has 1 unspecified atom stereocenters. The largest absolute Gasteiger partial charge is 0.329 e. The van der Waals surface area contributed by atoms with Crippen LogP contribution in [0.1, 0.15) is 10.9 Å². The zero-order valence-electron chi connectivity index (χ0n) is 8.39. The molecule has 1 heterocycles. The van der Waals surface area contributed by atoms with E-state index in [4.69, 9.17) is 11.5 Å². The van der Waals surface area contributed by atoms with E-state index >= 15 is 0 Å². The predicted octanol–water partition coefficient (Wildman–Crippen LogP) is 2.37. The average Bonchev–Trinajstić information content (AvgIpc) is 2.78. The third-order valence-corrected chi connectivity index (χ3v) is 3.57. The van der Waals surface area contributed by atoms with Crippen LogP contribution in [0.4, 0.5) is 0 Å². The minimum Gasteiger partial charge on any atom is -0.329 e. The van der Waals surface area contributed by atoms with E-state index in [-0.39, 0.29) is 6.04 Å². The number of nitrogens with two attached hydrogens (primary N) is 2. The SMILES string of the molecule is NCC(N)c1ccc(-c2ccccc2)s1. The Balaban J connectivity index is 2.28. The molecule has 1 atom stereocenters. The smallest absolute Gasteiger partial charge is 0.0514 e. The van der Waals surface area contributed by atoms with Crippen LogP contribution >= 0.6 is 11.3 Å². The first-order valence-electron chi connectivity index (χ1n) is 4.92. The molecule has 2 aromatic rings. The van der Waals surface area contributed by atoms with Gasteiger partial charge < -0.3 is 11.5 Å². The number of thiophene rings is 1. The minimum absolute atomic E-state index is 0.0348.